The van der Waals surface area contributed by atoms with Crippen molar-refractivity contribution in [2.75, 3.05) is 12.3 Å². The highest BCUT2D eigenvalue weighted by Gasteiger charge is 2.15. The number of benzene rings is 2. The highest BCUT2D eigenvalue weighted by atomic mass is 35.5. The molecular weight excluding hydrogens is 262 g/mol. The molecule has 3 N–H and O–H groups in total. The minimum absolute atomic E-state index is 0.0382. The highest BCUT2D eigenvalue weighted by Crippen LogP contribution is 2.26. The summed E-state index contributed by atoms with van der Waals surface area (Å²) in [5.74, 6) is -0.167. The Morgan fingerprint density at radius 3 is 2.53 bits per heavy atom. The van der Waals surface area contributed by atoms with Crippen LogP contribution in [0, 0.1) is 0 Å². The minimum Gasteiger partial charge on any atom is -0.398 e. The second-order valence-corrected chi connectivity index (χ2v) is 4.63. The lowest BCUT2D eigenvalue weighted by Crippen LogP contribution is -2.08. The topological polar surface area (TPSA) is 63.3 Å². The van der Waals surface area contributed by atoms with Crippen molar-refractivity contribution in [3.8, 4) is 0 Å². The second-order valence-electron chi connectivity index (χ2n) is 4.19. The van der Waals surface area contributed by atoms with Crippen LogP contribution in [0.3, 0.4) is 0 Å². The first-order valence-electron chi connectivity index (χ1n) is 5.92. The van der Waals surface area contributed by atoms with Gasteiger partial charge in [0.1, 0.15) is 0 Å². The van der Waals surface area contributed by atoms with Crippen molar-refractivity contribution < 1.29 is 9.90 Å². The number of carbonyl (C=O) groups excluding carboxylic acids is 1. The zero-order valence-corrected chi connectivity index (χ0v) is 11.0. The number of anilines is 1. The van der Waals surface area contributed by atoms with Crippen LogP contribution in [0.5, 0.6) is 0 Å². The molecule has 0 atom stereocenters. The van der Waals surface area contributed by atoms with Crippen LogP contribution in [0.4, 0.5) is 5.69 Å². The molecule has 0 bridgehead atoms. The molecule has 0 saturated heterocycles. The van der Waals surface area contributed by atoms with Gasteiger partial charge in [-0.3, -0.25) is 4.79 Å². The van der Waals surface area contributed by atoms with E-state index in [1.807, 2.05) is 6.07 Å². The van der Waals surface area contributed by atoms with Crippen LogP contribution < -0.4 is 5.73 Å². The molecule has 0 radical (unpaired) electrons. The molecule has 19 heavy (non-hydrogen) atoms. The summed E-state index contributed by atoms with van der Waals surface area (Å²) in [5, 5.41) is 9.44. The Hall–Kier alpha value is -1.84. The normalized spacial score (nSPS) is 10.4. The van der Waals surface area contributed by atoms with E-state index in [9.17, 15) is 4.79 Å². The maximum absolute atomic E-state index is 12.4. The van der Waals surface area contributed by atoms with E-state index in [0.29, 0.717) is 33.8 Å². The zero-order chi connectivity index (χ0) is 13.8. The van der Waals surface area contributed by atoms with Crippen molar-refractivity contribution in [3.63, 3.8) is 0 Å². The Kier molecular flexibility index (Phi) is 4.20. The molecule has 0 aliphatic rings. The summed E-state index contributed by atoms with van der Waals surface area (Å²) in [6, 6.07) is 12.1. The number of nitrogens with two attached hydrogens (primary N) is 1. The molecule has 0 aliphatic heterocycles. The van der Waals surface area contributed by atoms with Crippen LogP contribution in [0.25, 0.3) is 0 Å². The molecule has 4 heteroatoms. The fourth-order valence-corrected chi connectivity index (χ4v) is 2.18. The van der Waals surface area contributed by atoms with E-state index in [1.165, 1.54) is 0 Å². The van der Waals surface area contributed by atoms with E-state index in [2.05, 4.69) is 0 Å². The maximum atomic E-state index is 12.4. The van der Waals surface area contributed by atoms with Gasteiger partial charge in [-0.05, 0) is 24.1 Å². The van der Waals surface area contributed by atoms with Crippen LogP contribution in [-0.4, -0.2) is 17.5 Å². The minimum atomic E-state index is -0.167. The van der Waals surface area contributed by atoms with Gasteiger partial charge in [-0.2, -0.15) is 0 Å². The van der Waals surface area contributed by atoms with Crippen LogP contribution in [-0.2, 0) is 6.42 Å². The molecule has 0 unspecified atom stereocenters. The predicted molar refractivity (Wildman–Crippen MR) is 76.5 cm³/mol. The lowest BCUT2D eigenvalue weighted by Gasteiger charge is -2.11. The molecule has 2 aromatic carbocycles. The quantitative estimate of drug-likeness (QED) is 0.666. The van der Waals surface area contributed by atoms with Gasteiger partial charge in [0.2, 0.25) is 0 Å². The number of hydrogen-bond acceptors (Lipinski definition) is 3. The van der Waals surface area contributed by atoms with Gasteiger partial charge < -0.3 is 10.8 Å². The summed E-state index contributed by atoms with van der Waals surface area (Å²) in [5.41, 5.74) is 8.00. The van der Waals surface area contributed by atoms with Gasteiger partial charge in [0.25, 0.3) is 0 Å². The van der Waals surface area contributed by atoms with Crippen LogP contribution >= 0.6 is 11.6 Å². The summed E-state index contributed by atoms with van der Waals surface area (Å²) < 4.78 is 0. The molecule has 0 aliphatic carbocycles. The maximum Gasteiger partial charge on any atom is 0.195 e. The SMILES string of the molecule is Nc1c(CCO)cc(Cl)cc1C(=O)c1ccccc1. The molecule has 2 aromatic rings. The molecule has 0 heterocycles. The number of aliphatic hydroxyl groups excluding tert-OH is 1. The summed E-state index contributed by atoms with van der Waals surface area (Å²) in [6.07, 6.45) is 0.376. The van der Waals surface area contributed by atoms with Crippen molar-refractivity contribution in [2.45, 2.75) is 6.42 Å². The first-order chi connectivity index (χ1) is 9.13. The Morgan fingerprint density at radius 1 is 1.21 bits per heavy atom. The Labute approximate surface area is 116 Å². The van der Waals surface area contributed by atoms with Gasteiger partial charge in [0.15, 0.2) is 5.78 Å². The smallest absolute Gasteiger partial charge is 0.195 e. The number of rotatable bonds is 4. The fourth-order valence-electron chi connectivity index (χ4n) is 1.93. The molecular formula is C15H14ClNO2. The molecule has 0 saturated carbocycles. The molecule has 3 nitrogen and oxygen atoms in total. The van der Waals surface area contributed by atoms with Crippen LogP contribution in [0.1, 0.15) is 21.5 Å². The molecule has 0 amide bonds. The Balaban J connectivity index is 2.48. The first-order valence-corrected chi connectivity index (χ1v) is 6.29. The molecule has 0 fully saturated rings. The number of nitrogen functional groups attached to an aromatic ring is 1. The third kappa shape index (κ3) is 2.95. The van der Waals surface area contributed by atoms with E-state index < -0.39 is 0 Å². The molecule has 0 aromatic heterocycles. The summed E-state index contributed by atoms with van der Waals surface area (Å²) in [7, 11) is 0. The van der Waals surface area contributed by atoms with Gasteiger partial charge in [-0.15, -0.1) is 0 Å². The first kappa shape index (κ1) is 13.6. The number of ketones is 1. The van der Waals surface area contributed by atoms with Crippen molar-refractivity contribution in [1.82, 2.24) is 0 Å². The average Bonchev–Trinajstić information content (AvgIpc) is 2.43. The fraction of sp³-hybridized carbons (Fsp3) is 0.133. The highest BCUT2D eigenvalue weighted by molar-refractivity contribution is 6.31. The third-order valence-electron chi connectivity index (χ3n) is 2.89. The Morgan fingerprint density at radius 2 is 1.89 bits per heavy atom. The second kappa shape index (κ2) is 5.87. The third-order valence-corrected chi connectivity index (χ3v) is 3.11. The van der Waals surface area contributed by atoms with E-state index in [0.717, 1.165) is 0 Å². The molecule has 2 rings (SSSR count). The van der Waals surface area contributed by atoms with Gasteiger partial charge in [0, 0.05) is 28.4 Å². The van der Waals surface area contributed by atoms with Crippen LogP contribution in [0.2, 0.25) is 5.02 Å². The van der Waals surface area contributed by atoms with Crippen molar-refractivity contribution >= 4 is 23.1 Å². The van der Waals surface area contributed by atoms with E-state index in [-0.39, 0.29) is 12.4 Å². The summed E-state index contributed by atoms with van der Waals surface area (Å²) in [6.45, 7) is -0.0382. The molecule has 98 valence electrons. The monoisotopic (exact) mass is 275 g/mol. The predicted octanol–water partition coefficient (Wildman–Crippen LogP) is 2.69. The lowest BCUT2D eigenvalue weighted by molar-refractivity contribution is 0.103. The number of aliphatic hydroxyl groups is 1. The van der Waals surface area contributed by atoms with E-state index >= 15 is 0 Å². The van der Waals surface area contributed by atoms with Gasteiger partial charge >= 0.3 is 0 Å². The number of carbonyl (C=O) groups is 1. The standard InChI is InChI=1S/C15H14ClNO2/c16-12-8-11(6-7-18)14(17)13(9-12)15(19)10-4-2-1-3-5-10/h1-5,8-9,18H,6-7,17H2. The largest absolute Gasteiger partial charge is 0.398 e. The molecule has 0 spiro atoms. The number of halogens is 1. The van der Waals surface area contributed by atoms with Crippen molar-refractivity contribution in [3.05, 3.63) is 64.2 Å². The van der Waals surface area contributed by atoms with Gasteiger partial charge in [0.05, 0.1) is 0 Å². The zero-order valence-electron chi connectivity index (χ0n) is 10.3. The summed E-state index contributed by atoms with van der Waals surface area (Å²) in [4.78, 5) is 12.4. The lowest BCUT2D eigenvalue weighted by atomic mass is 9.98. The number of hydrogen-bond donors (Lipinski definition) is 2. The van der Waals surface area contributed by atoms with Crippen LogP contribution in [0.15, 0.2) is 42.5 Å². The van der Waals surface area contributed by atoms with E-state index in [4.69, 9.17) is 22.4 Å². The van der Waals surface area contributed by atoms with E-state index in [1.54, 1.807) is 36.4 Å². The summed E-state index contributed by atoms with van der Waals surface area (Å²) >= 11 is 6.00. The van der Waals surface area contributed by atoms with Crippen molar-refractivity contribution in [2.24, 2.45) is 0 Å². The van der Waals surface area contributed by atoms with Crippen molar-refractivity contribution in [1.29, 1.82) is 0 Å². The van der Waals surface area contributed by atoms with Gasteiger partial charge in [-0.1, -0.05) is 41.9 Å². The van der Waals surface area contributed by atoms with Gasteiger partial charge in [-0.25, -0.2) is 0 Å². The average molecular weight is 276 g/mol. The Bertz CT molecular complexity index is 597.